The highest BCUT2D eigenvalue weighted by atomic mass is 16.3. The molecule has 0 aliphatic heterocycles. The summed E-state index contributed by atoms with van der Waals surface area (Å²) in [6, 6.07) is 10.2. The van der Waals surface area contributed by atoms with E-state index in [0.29, 0.717) is 31.8 Å². The quantitative estimate of drug-likeness (QED) is 0.0778. The van der Waals surface area contributed by atoms with Crippen molar-refractivity contribution in [3.05, 3.63) is 47.7 Å². The molecule has 8 atom stereocenters. The maximum absolute atomic E-state index is 13.0. The number of aliphatic hydroxyl groups excluding tert-OH is 2. The summed E-state index contributed by atoms with van der Waals surface area (Å²) in [4.78, 5) is 8.08. The van der Waals surface area contributed by atoms with E-state index in [2.05, 4.69) is 68.9 Å². The van der Waals surface area contributed by atoms with Gasteiger partial charge >= 0.3 is 0 Å². The Labute approximate surface area is 279 Å². The van der Waals surface area contributed by atoms with Crippen LogP contribution in [0.4, 0.5) is 0 Å². The number of nitrogens with one attached hydrogen (secondary N) is 3. The topological polar surface area (TPSA) is 133 Å². The van der Waals surface area contributed by atoms with E-state index in [9.17, 15) is 20.4 Å². The molecule has 1 aromatic carbocycles. The molecule has 1 aromatic heterocycles. The molecule has 5 aliphatic rings. The molecule has 8 nitrogen and oxygen atoms in total. The number of aromatic nitrogens is 1. The van der Waals surface area contributed by atoms with Gasteiger partial charge in [0.25, 0.3) is 0 Å². The molecule has 47 heavy (non-hydrogen) atoms. The van der Waals surface area contributed by atoms with E-state index in [1.807, 2.05) is 0 Å². The van der Waals surface area contributed by atoms with Crippen LogP contribution in [0.25, 0.3) is 10.9 Å². The first-order valence-electron chi connectivity index (χ1n) is 18.3. The molecule has 7 rings (SSSR count). The van der Waals surface area contributed by atoms with E-state index in [1.165, 1.54) is 23.1 Å². The fourth-order valence-electron chi connectivity index (χ4n) is 10.5. The second-order valence-electron chi connectivity index (χ2n) is 15.3. The van der Waals surface area contributed by atoms with Crippen LogP contribution in [-0.2, 0) is 6.42 Å². The zero-order chi connectivity index (χ0) is 32.6. The first-order chi connectivity index (χ1) is 22.8. The average molecular weight is 643 g/mol. The summed E-state index contributed by atoms with van der Waals surface area (Å²) in [5, 5.41) is 54.9. The summed E-state index contributed by atoms with van der Waals surface area (Å²) in [6.07, 6.45) is 13.2. The maximum Gasteiger partial charge on any atom is 0.191 e. The normalized spacial score (nSPS) is 37.4. The fourth-order valence-corrected chi connectivity index (χ4v) is 10.5. The molecular formula is C39H54N4O4. The predicted octanol–water partition coefficient (Wildman–Crippen LogP) is 4.58. The number of benzene rings is 1. The number of hydrogen-bond acceptors (Lipinski definition) is 5. The summed E-state index contributed by atoms with van der Waals surface area (Å²) < 4.78 is 0. The molecule has 0 saturated heterocycles. The third-order valence-corrected chi connectivity index (χ3v) is 12.9. The molecule has 0 amide bonds. The number of para-hydroxylation sites is 1. The molecule has 1 spiro atoms. The summed E-state index contributed by atoms with van der Waals surface area (Å²) in [6.45, 7) is 0.653. The monoisotopic (exact) mass is 642 g/mol. The van der Waals surface area contributed by atoms with Crippen molar-refractivity contribution in [2.24, 2.45) is 34.1 Å². The lowest BCUT2D eigenvalue weighted by Crippen LogP contribution is -2.53. The lowest BCUT2D eigenvalue weighted by molar-refractivity contribution is -0.123. The van der Waals surface area contributed by atoms with Crippen molar-refractivity contribution < 1.29 is 20.4 Å². The molecule has 2 bridgehead atoms. The summed E-state index contributed by atoms with van der Waals surface area (Å²) >= 11 is 0. The molecular weight excluding hydrogens is 588 g/mol. The van der Waals surface area contributed by atoms with Gasteiger partial charge in [0.15, 0.2) is 5.96 Å². The largest absolute Gasteiger partial charge is 0.396 e. The number of allylic oxidation sites excluding steroid dienone is 2. The van der Waals surface area contributed by atoms with Crippen LogP contribution in [0.1, 0.15) is 89.2 Å². The van der Waals surface area contributed by atoms with Gasteiger partial charge in [0.1, 0.15) is 0 Å². The van der Waals surface area contributed by atoms with E-state index < -0.39 is 23.3 Å². The Morgan fingerprint density at radius 1 is 1.02 bits per heavy atom. The molecule has 3 fully saturated rings. The first-order valence-corrected chi connectivity index (χ1v) is 18.3. The number of rotatable bonds is 7. The highest BCUT2D eigenvalue weighted by Gasteiger charge is 2.65. The summed E-state index contributed by atoms with van der Waals surface area (Å²) in [5.74, 6) is 7.72. The predicted molar refractivity (Wildman–Crippen MR) is 186 cm³/mol. The fraction of sp³-hybridized carbons (Fsp3) is 0.667. The number of aliphatic imine (C=N–C) groups is 1. The van der Waals surface area contributed by atoms with Gasteiger partial charge < -0.3 is 36.0 Å². The van der Waals surface area contributed by atoms with Gasteiger partial charge in [-0.15, -0.1) is 0 Å². The van der Waals surface area contributed by atoms with Gasteiger partial charge in [-0.25, -0.2) is 0 Å². The van der Waals surface area contributed by atoms with Crippen LogP contribution in [0, 0.1) is 40.9 Å². The lowest BCUT2D eigenvalue weighted by atomic mass is 9.58. The number of aliphatic hydroxyl groups is 4. The molecule has 8 unspecified atom stereocenters. The van der Waals surface area contributed by atoms with E-state index in [-0.39, 0.29) is 42.1 Å². The molecule has 254 valence electrons. The Kier molecular flexibility index (Phi) is 9.21. The van der Waals surface area contributed by atoms with E-state index in [0.717, 1.165) is 63.3 Å². The SMILES string of the molecule is CN=C(NCCCO)NC1C#CC2CCC=C(Cc3cc4ccccc4[nH]3)C23CCC(O)(C2CCCCC2)C2CC(O)C(O)(C1)C2C3. The van der Waals surface area contributed by atoms with Crippen molar-refractivity contribution in [3.8, 4) is 11.8 Å². The van der Waals surface area contributed by atoms with Crippen LogP contribution in [0.2, 0.25) is 0 Å². The third kappa shape index (κ3) is 5.92. The third-order valence-electron chi connectivity index (χ3n) is 12.9. The van der Waals surface area contributed by atoms with E-state index >= 15 is 0 Å². The van der Waals surface area contributed by atoms with Crippen molar-refractivity contribution in [2.45, 2.75) is 113 Å². The van der Waals surface area contributed by atoms with Crippen LogP contribution < -0.4 is 10.6 Å². The smallest absolute Gasteiger partial charge is 0.191 e. The van der Waals surface area contributed by atoms with Gasteiger partial charge in [-0.1, -0.05) is 61.0 Å². The van der Waals surface area contributed by atoms with Crippen LogP contribution in [0.3, 0.4) is 0 Å². The average Bonchev–Trinajstić information content (AvgIpc) is 3.57. The van der Waals surface area contributed by atoms with Crippen LogP contribution in [0.15, 0.2) is 47.0 Å². The molecule has 5 aliphatic carbocycles. The Morgan fingerprint density at radius 2 is 1.85 bits per heavy atom. The van der Waals surface area contributed by atoms with Gasteiger partial charge in [-0.3, -0.25) is 4.99 Å². The van der Waals surface area contributed by atoms with E-state index in [4.69, 9.17) is 0 Å². The number of guanidine groups is 1. The molecule has 0 radical (unpaired) electrons. The minimum Gasteiger partial charge on any atom is -0.396 e. The molecule has 8 heteroatoms. The number of aromatic amines is 1. The molecule has 2 aromatic rings. The Hall–Kier alpha value is -2.83. The standard InChI is InChI=1S/C39H54N4O4/c1-40-36(41-19-8-20-44)43-30-16-15-27-12-7-13-29(22-31-21-26-9-5-6-14-34(26)42-31)37(27)17-18-38(46,28-10-3-2-4-11-28)32-23-35(45)39(47,24-30)33(32)25-37/h5-6,9,13-14,21,27-28,30,32-33,35,42,44-47H,2-4,7-8,10-12,17-20,22-25H2,1H3,(H2,40,41,43). The van der Waals surface area contributed by atoms with Crippen molar-refractivity contribution in [2.75, 3.05) is 20.2 Å². The van der Waals surface area contributed by atoms with Gasteiger partial charge in [-0.2, -0.15) is 0 Å². The van der Waals surface area contributed by atoms with Gasteiger partial charge in [0.05, 0.1) is 23.3 Å². The van der Waals surface area contributed by atoms with Crippen LogP contribution in [0.5, 0.6) is 0 Å². The Morgan fingerprint density at radius 3 is 2.64 bits per heavy atom. The van der Waals surface area contributed by atoms with Crippen LogP contribution >= 0.6 is 0 Å². The number of fused-ring (bicyclic) bond motifs is 1. The molecule has 1 heterocycles. The zero-order valence-corrected chi connectivity index (χ0v) is 28.0. The lowest BCUT2D eigenvalue weighted by Gasteiger charge is -2.46. The van der Waals surface area contributed by atoms with Crippen molar-refractivity contribution >= 4 is 16.9 Å². The number of hydrogen-bond donors (Lipinski definition) is 7. The maximum atomic E-state index is 13.0. The summed E-state index contributed by atoms with van der Waals surface area (Å²) in [5.41, 5.74) is 1.06. The summed E-state index contributed by atoms with van der Waals surface area (Å²) in [7, 11) is 1.71. The minimum absolute atomic E-state index is 0.0787. The number of H-pyrrole nitrogens is 1. The van der Waals surface area contributed by atoms with Gasteiger partial charge in [-0.05, 0) is 93.1 Å². The van der Waals surface area contributed by atoms with E-state index in [1.54, 1.807) is 7.05 Å². The van der Waals surface area contributed by atoms with Gasteiger partial charge in [0.2, 0.25) is 0 Å². The second-order valence-corrected chi connectivity index (χ2v) is 15.3. The molecule has 7 N–H and O–H groups in total. The number of nitrogens with zero attached hydrogens (tertiary/aromatic N) is 1. The van der Waals surface area contributed by atoms with Crippen LogP contribution in [-0.4, -0.2) is 74.9 Å². The van der Waals surface area contributed by atoms with Crippen molar-refractivity contribution in [1.82, 2.24) is 15.6 Å². The minimum atomic E-state index is -1.40. The second kappa shape index (κ2) is 13.2. The highest BCUT2D eigenvalue weighted by molar-refractivity contribution is 5.81. The zero-order valence-electron chi connectivity index (χ0n) is 28.0. The van der Waals surface area contributed by atoms with Crippen molar-refractivity contribution in [1.29, 1.82) is 0 Å². The first kappa shape index (κ1) is 32.7. The highest BCUT2D eigenvalue weighted by Crippen LogP contribution is 2.64. The Balaban J connectivity index is 1.31. The van der Waals surface area contributed by atoms with Gasteiger partial charge in [0, 0.05) is 55.6 Å². The van der Waals surface area contributed by atoms with Crippen molar-refractivity contribution in [3.63, 3.8) is 0 Å². The molecule has 3 saturated carbocycles. The Bertz CT molecular complexity index is 1520.